The largest absolute Gasteiger partial charge is 0.482 e. The van der Waals surface area contributed by atoms with Crippen LogP contribution in [0.3, 0.4) is 0 Å². The Labute approximate surface area is 121 Å². The molecule has 0 saturated carbocycles. The Hall–Kier alpha value is -2.76. The fourth-order valence-electron chi connectivity index (χ4n) is 2.13. The summed E-state index contributed by atoms with van der Waals surface area (Å²) in [6.45, 7) is 1.89. The van der Waals surface area contributed by atoms with E-state index in [9.17, 15) is 9.59 Å². The van der Waals surface area contributed by atoms with Crippen molar-refractivity contribution < 1.29 is 18.7 Å². The van der Waals surface area contributed by atoms with Crippen LogP contribution in [0.15, 0.2) is 41.2 Å². The molecule has 0 fully saturated rings. The predicted molar refractivity (Wildman–Crippen MR) is 75.2 cm³/mol. The minimum atomic E-state index is -0.214. The first-order chi connectivity index (χ1) is 10.1. The van der Waals surface area contributed by atoms with Crippen LogP contribution in [0, 0.1) is 0 Å². The number of benzene rings is 1. The lowest BCUT2D eigenvalue weighted by Crippen LogP contribution is -2.27. The summed E-state index contributed by atoms with van der Waals surface area (Å²) in [6, 6.07) is 6.83. The van der Waals surface area contributed by atoms with E-state index in [2.05, 4.69) is 10.6 Å². The smallest absolute Gasteiger partial charge is 0.262 e. The summed E-state index contributed by atoms with van der Waals surface area (Å²) in [7, 11) is 0. The molecule has 108 valence electrons. The van der Waals surface area contributed by atoms with Gasteiger partial charge in [-0.25, -0.2) is 0 Å². The molecule has 0 aliphatic carbocycles. The van der Waals surface area contributed by atoms with Gasteiger partial charge in [-0.3, -0.25) is 9.59 Å². The van der Waals surface area contributed by atoms with Crippen LogP contribution in [0.5, 0.6) is 5.75 Å². The highest BCUT2D eigenvalue weighted by molar-refractivity contribution is 5.96. The van der Waals surface area contributed by atoms with Gasteiger partial charge in [0.25, 0.3) is 11.8 Å². The van der Waals surface area contributed by atoms with E-state index >= 15 is 0 Å². The van der Waals surface area contributed by atoms with Crippen molar-refractivity contribution in [2.24, 2.45) is 0 Å². The normalized spacial score (nSPS) is 14.6. The van der Waals surface area contributed by atoms with E-state index < -0.39 is 0 Å². The van der Waals surface area contributed by atoms with Gasteiger partial charge >= 0.3 is 0 Å². The summed E-state index contributed by atoms with van der Waals surface area (Å²) < 4.78 is 10.2. The van der Waals surface area contributed by atoms with Crippen molar-refractivity contribution in [3.8, 4) is 5.75 Å². The van der Waals surface area contributed by atoms with Crippen LogP contribution in [0.2, 0.25) is 0 Å². The molecule has 0 radical (unpaired) electrons. The van der Waals surface area contributed by atoms with Crippen molar-refractivity contribution in [3.05, 3.63) is 47.9 Å². The summed E-state index contributed by atoms with van der Waals surface area (Å²) in [5, 5.41) is 5.61. The fraction of sp³-hybridized carbons (Fsp3) is 0.200. The topological polar surface area (TPSA) is 80.6 Å². The zero-order valence-electron chi connectivity index (χ0n) is 11.4. The average molecular weight is 286 g/mol. The van der Waals surface area contributed by atoms with E-state index in [-0.39, 0.29) is 24.5 Å². The van der Waals surface area contributed by atoms with E-state index in [0.717, 1.165) is 5.56 Å². The summed E-state index contributed by atoms with van der Waals surface area (Å²) >= 11 is 0. The molecule has 6 nitrogen and oxygen atoms in total. The summed E-state index contributed by atoms with van der Waals surface area (Å²) in [5.74, 6) is 0.232. The molecule has 6 heteroatoms. The maximum atomic E-state index is 12.0. The van der Waals surface area contributed by atoms with Gasteiger partial charge in [-0.1, -0.05) is 6.07 Å². The first-order valence-electron chi connectivity index (χ1n) is 6.53. The summed E-state index contributed by atoms with van der Waals surface area (Å²) in [6.07, 6.45) is 2.84. The lowest BCUT2D eigenvalue weighted by atomic mass is 10.1. The number of hydrogen-bond acceptors (Lipinski definition) is 4. The molecule has 0 spiro atoms. The maximum absolute atomic E-state index is 12.0. The minimum absolute atomic E-state index is 0.0269. The highest BCUT2D eigenvalue weighted by Gasteiger charge is 2.18. The van der Waals surface area contributed by atoms with Crippen molar-refractivity contribution >= 4 is 17.5 Å². The molecular formula is C15H14N2O4. The second-order valence-corrected chi connectivity index (χ2v) is 4.80. The Morgan fingerprint density at radius 3 is 3.00 bits per heavy atom. The van der Waals surface area contributed by atoms with Crippen LogP contribution in [-0.4, -0.2) is 18.4 Å². The molecule has 21 heavy (non-hydrogen) atoms. The average Bonchev–Trinajstić information content (AvgIpc) is 3.00. The van der Waals surface area contributed by atoms with E-state index in [1.165, 1.54) is 12.5 Å². The van der Waals surface area contributed by atoms with Gasteiger partial charge in [0, 0.05) is 0 Å². The zero-order chi connectivity index (χ0) is 14.8. The number of ether oxygens (including phenoxy) is 1. The quantitative estimate of drug-likeness (QED) is 0.905. The molecule has 1 atom stereocenters. The van der Waals surface area contributed by atoms with E-state index in [1.54, 1.807) is 18.2 Å². The molecule has 3 rings (SSSR count). The van der Waals surface area contributed by atoms with Gasteiger partial charge in [-0.2, -0.15) is 0 Å². The molecule has 2 aromatic rings. The minimum Gasteiger partial charge on any atom is -0.482 e. The summed E-state index contributed by atoms with van der Waals surface area (Å²) in [5.41, 5.74) is 1.96. The van der Waals surface area contributed by atoms with Crippen LogP contribution in [-0.2, 0) is 4.79 Å². The Bertz CT molecular complexity index is 679. The monoisotopic (exact) mass is 286 g/mol. The van der Waals surface area contributed by atoms with Gasteiger partial charge in [0.1, 0.15) is 12.0 Å². The zero-order valence-corrected chi connectivity index (χ0v) is 11.4. The standard InChI is InChI=1S/C15H14N2O4/c1-9(16-15(19)11-4-5-20-7-11)10-2-3-13-12(6-10)17-14(18)8-21-13/h2-7,9H,8H2,1H3,(H,16,19)(H,17,18)/t9-/m0/s1. The molecule has 1 aliphatic rings. The van der Waals surface area contributed by atoms with Gasteiger partial charge in [-0.05, 0) is 30.7 Å². The van der Waals surface area contributed by atoms with Crippen molar-refractivity contribution in [2.45, 2.75) is 13.0 Å². The summed E-state index contributed by atoms with van der Waals surface area (Å²) in [4.78, 5) is 23.3. The lowest BCUT2D eigenvalue weighted by Gasteiger charge is -2.20. The molecule has 2 amide bonds. The number of hydrogen-bond donors (Lipinski definition) is 2. The number of carbonyl (C=O) groups excluding carboxylic acids is 2. The molecule has 1 aliphatic heterocycles. The highest BCUT2D eigenvalue weighted by atomic mass is 16.5. The van der Waals surface area contributed by atoms with E-state index in [1.807, 2.05) is 13.0 Å². The fourth-order valence-corrected chi connectivity index (χ4v) is 2.13. The molecule has 0 unspecified atom stereocenters. The molecule has 0 bridgehead atoms. The highest BCUT2D eigenvalue weighted by Crippen LogP contribution is 2.30. The van der Waals surface area contributed by atoms with Gasteiger partial charge in [0.15, 0.2) is 6.61 Å². The van der Waals surface area contributed by atoms with Crippen LogP contribution >= 0.6 is 0 Å². The molecular weight excluding hydrogens is 272 g/mol. The molecule has 1 aromatic carbocycles. The van der Waals surface area contributed by atoms with Gasteiger partial charge < -0.3 is 19.8 Å². The first-order valence-corrected chi connectivity index (χ1v) is 6.53. The Morgan fingerprint density at radius 1 is 1.38 bits per heavy atom. The van der Waals surface area contributed by atoms with Crippen molar-refractivity contribution in [1.29, 1.82) is 0 Å². The number of rotatable bonds is 3. The Kier molecular flexibility index (Phi) is 3.35. The second-order valence-electron chi connectivity index (χ2n) is 4.80. The number of fused-ring (bicyclic) bond motifs is 1. The van der Waals surface area contributed by atoms with E-state index in [4.69, 9.17) is 9.15 Å². The van der Waals surface area contributed by atoms with Crippen LogP contribution in [0.4, 0.5) is 5.69 Å². The third-order valence-electron chi connectivity index (χ3n) is 3.27. The third-order valence-corrected chi connectivity index (χ3v) is 3.27. The maximum Gasteiger partial charge on any atom is 0.262 e. The Morgan fingerprint density at radius 2 is 2.24 bits per heavy atom. The molecule has 0 saturated heterocycles. The number of nitrogens with one attached hydrogen (secondary N) is 2. The predicted octanol–water partition coefficient (Wildman–Crippen LogP) is 2.10. The van der Waals surface area contributed by atoms with Crippen LogP contribution < -0.4 is 15.4 Å². The third kappa shape index (κ3) is 2.74. The molecule has 1 aromatic heterocycles. The second kappa shape index (κ2) is 5.32. The first kappa shape index (κ1) is 13.2. The van der Waals surface area contributed by atoms with Crippen molar-refractivity contribution in [3.63, 3.8) is 0 Å². The number of carbonyl (C=O) groups is 2. The van der Waals surface area contributed by atoms with Gasteiger partial charge in [0.2, 0.25) is 0 Å². The van der Waals surface area contributed by atoms with Crippen molar-refractivity contribution in [2.75, 3.05) is 11.9 Å². The van der Waals surface area contributed by atoms with Gasteiger partial charge in [0.05, 0.1) is 23.6 Å². The molecule has 2 heterocycles. The van der Waals surface area contributed by atoms with Gasteiger partial charge in [-0.15, -0.1) is 0 Å². The van der Waals surface area contributed by atoms with Crippen LogP contribution in [0.25, 0.3) is 0 Å². The SMILES string of the molecule is C[C@H](NC(=O)c1ccoc1)c1ccc2c(c1)NC(=O)CO2. The van der Waals surface area contributed by atoms with Crippen LogP contribution in [0.1, 0.15) is 28.9 Å². The lowest BCUT2D eigenvalue weighted by molar-refractivity contribution is -0.118. The number of anilines is 1. The molecule has 2 N–H and O–H groups in total. The Balaban J connectivity index is 1.76. The number of furan rings is 1. The van der Waals surface area contributed by atoms with E-state index in [0.29, 0.717) is 17.0 Å². The van der Waals surface area contributed by atoms with Crippen molar-refractivity contribution in [1.82, 2.24) is 5.32 Å². The number of amides is 2.